The maximum Gasteiger partial charge on any atom is 0.274 e. The summed E-state index contributed by atoms with van der Waals surface area (Å²) < 4.78 is 0. The van der Waals surface area contributed by atoms with E-state index in [1.165, 1.54) is 4.90 Å². The predicted octanol–water partition coefficient (Wildman–Crippen LogP) is 0.808. The number of aliphatic hydroxyl groups is 1. The molecule has 0 radical (unpaired) electrons. The van der Waals surface area contributed by atoms with Gasteiger partial charge in [-0.15, -0.1) is 0 Å². The maximum atomic E-state index is 13.3. The van der Waals surface area contributed by atoms with Gasteiger partial charge in [0.2, 0.25) is 11.6 Å². The lowest BCUT2D eigenvalue weighted by Crippen LogP contribution is -2.69. The van der Waals surface area contributed by atoms with Gasteiger partial charge in [-0.1, -0.05) is 23.8 Å². The highest BCUT2D eigenvalue weighted by atomic mass is 16.3. The van der Waals surface area contributed by atoms with Crippen LogP contribution < -0.4 is 10.6 Å². The highest BCUT2D eigenvalue weighted by Gasteiger charge is 2.70. The van der Waals surface area contributed by atoms with E-state index < -0.39 is 35.2 Å². The summed E-state index contributed by atoms with van der Waals surface area (Å²) >= 11 is 0. The van der Waals surface area contributed by atoms with Crippen molar-refractivity contribution in [3.8, 4) is 0 Å². The van der Waals surface area contributed by atoms with Crippen molar-refractivity contribution in [2.75, 3.05) is 5.32 Å². The summed E-state index contributed by atoms with van der Waals surface area (Å²) in [6.45, 7) is 5.29. The molecule has 3 aliphatic rings. The Bertz CT molecular complexity index is 875. The number of rotatable bonds is 1. The fourth-order valence-corrected chi connectivity index (χ4v) is 4.31. The molecule has 26 heavy (non-hydrogen) atoms. The number of para-hydroxylation sites is 1. The Kier molecular flexibility index (Phi) is 3.34. The molecule has 4 unspecified atom stereocenters. The van der Waals surface area contributed by atoms with Gasteiger partial charge in [0.15, 0.2) is 5.78 Å². The fourth-order valence-electron chi connectivity index (χ4n) is 4.31. The van der Waals surface area contributed by atoms with Gasteiger partial charge >= 0.3 is 0 Å². The quantitative estimate of drug-likeness (QED) is 0.648. The van der Waals surface area contributed by atoms with Crippen molar-refractivity contribution in [2.45, 2.75) is 50.5 Å². The first-order valence-corrected chi connectivity index (χ1v) is 8.64. The molecule has 0 aromatic heterocycles. The topological polar surface area (TPSA) is 98.7 Å². The Balaban J connectivity index is 1.92. The van der Waals surface area contributed by atoms with Crippen molar-refractivity contribution < 1.29 is 19.5 Å². The summed E-state index contributed by atoms with van der Waals surface area (Å²) in [7, 11) is 0. The second kappa shape index (κ2) is 5.17. The number of nitrogens with zero attached hydrogens (tertiary/aromatic N) is 1. The van der Waals surface area contributed by atoms with E-state index in [-0.39, 0.29) is 12.2 Å². The molecule has 3 aliphatic heterocycles. The van der Waals surface area contributed by atoms with Crippen molar-refractivity contribution >= 4 is 23.3 Å². The number of piperazine rings is 1. The number of Topliss-reactive ketones (excluding diaryl/α,β-unsaturated/α-hetero) is 1. The van der Waals surface area contributed by atoms with E-state index in [0.29, 0.717) is 11.3 Å². The van der Waals surface area contributed by atoms with Crippen LogP contribution in [0, 0.1) is 0 Å². The molecule has 7 nitrogen and oxygen atoms in total. The van der Waals surface area contributed by atoms with E-state index in [0.717, 1.165) is 5.57 Å². The van der Waals surface area contributed by atoms with Crippen LogP contribution in [0.2, 0.25) is 0 Å². The first kappa shape index (κ1) is 16.8. The Morgan fingerprint density at radius 3 is 2.62 bits per heavy atom. The molecule has 3 heterocycles. The molecular weight excluding hydrogens is 334 g/mol. The van der Waals surface area contributed by atoms with E-state index in [9.17, 15) is 19.5 Å². The second-order valence-electron chi connectivity index (χ2n) is 7.56. The standard InChI is InChI=1S/C19H21N3O4/c1-10(2)8-14-18(15(23)12-6-4-5-7-13(12)21-18)9-19(26)17(25)20-11(3)16(24)22(14)19/h4-8,11,14,21,26H,9H2,1-3H3,(H,20,25). The summed E-state index contributed by atoms with van der Waals surface area (Å²) in [6.07, 6.45) is 1.57. The number of hydrogen-bond donors (Lipinski definition) is 3. The van der Waals surface area contributed by atoms with E-state index in [4.69, 9.17) is 0 Å². The van der Waals surface area contributed by atoms with Crippen LogP contribution in [0.3, 0.4) is 0 Å². The zero-order valence-corrected chi connectivity index (χ0v) is 14.9. The highest BCUT2D eigenvalue weighted by Crippen LogP contribution is 2.49. The van der Waals surface area contributed by atoms with Crippen LogP contribution in [-0.4, -0.2) is 51.0 Å². The van der Waals surface area contributed by atoms with Gasteiger partial charge in [0.25, 0.3) is 5.91 Å². The van der Waals surface area contributed by atoms with E-state index in [1.807, 2.05) is 19.9 Å². The Labute approximate surface area is 151 Å². The third-order valence-electron chi connectivity index (χ3n) is 5.45. The van der Waals surface area contributed by atoms with Gasteiger partial charge in [-0.2, -0.15) is 0 Å². The van der Waals surface area contributed by atoms with E-state index >= 15 is 0 Å². The molecule has 0 saturated carbocycles. The van der Waals surface area contributed by atoms with E-state index in [1.54, 1.807) is 31.2 Å². The average Bonchev–Trinajstić information content (AvgIpc) is 2.99. The number of fused-ring (bicyclic) bond motifs is 2. The van der Waals surface area contributed by atoms with Gasteiger partial charge in [0.05, 0.1) is 6.04 Å². The fraction of sp³-hybridized carbons (Fsp3) is 0.421. The van der Waals surface area contributed by atoms with Gasteiger partial charge in [-0.25, -0.2) is 0 Å². The molecule has 7 heteroatoms. The Morgan fingerprint density at radius 2 is 1.96 bits per heavy atom. The normalized spacial score (nSPS) is 35.1. The number of allylic oxidation sites excluding steroid dienone is 1. The smallest absolute Gasteiger partial charge is 0.274 e. The van der Waals surface area contributed by atoms with Crippen LogP contribution in [0.5, 0.6) is 0 Å². The summed E-state index contributed by atoms with van der Waals surface area (Å²) in [4.78, 5) is 39.9. The number of carbonyl (C=O) groups is 3. The van der Waals surface area contributed by atoms with E-state index in [2.05, 4.69) is 10.6 Å². The lowest BCUT2D eigenvalue weighted by molar-refractivity contribution is -0.179. The Hall–Kier alpha value is -2.67. The van der Waals surface area contributed by atoms with Gasteiger partial charge in [-0.05, 0) is 32.9 Å². The van der Waals surface area contributed by atoms with Crippen LogP contribution in [0.4, 0.5) is 5.69 Å². The first-order valence-electron chi connectivity index (χ1n) is 8.64. The molecule has 4 rings (SSSR count). The summed E-state index contributed by atoms with van der Waals surface area (Å²) in [5.74, 6) is -1.28. The minimum atomic E-state index is -2.06. The molecule has 3 N–H and O–H groups in total. The molecule has 4 atom stereocenters. The molecule has 2 saturated heterocycles. The number of amides is 2. The van der Waals surface area contributed by atoms with Crippen molar-refractivity contribution in [3.05, 3.63) is 41.5 Å². The summed E-state index contributed by atoms with van der Waals surface area (Å²) in [5, 5.41) is 16.9. The third kappa shape index (κ3) is 1.94. The minimum absolute atomic E-state index is 0.202. The average molecular weight is 355 g/mol. The van der Waals surface area contributed by atoms with Crippen molar-refractivity contribution in [2.24, 2.45) is 0 Å². The van der Waals surface area contributed by atoms with Crippen molar-refractivity contribution in [1.29, 1.82) is 0 Å². The minimum Gasteiger partial charge on any atom is -0.370 e. The number of ketones is 1. The largest absolute Gasteiger partial charge is 0.370 e. The van der Waals surface area contributed by atoms with Crippen molar-refractivity contribution in [1.82, 2.24) is 10.2 Å². The first-order chi connectivity index (χ1) is 12.2. The molecule has 136 valence electrons. The van der Waals surface area contributed by atoms with Gasteiger partial charge in [0, 0.05) is 17.7 Å². The monoisotopic (exact) mass is 355 g/mol. The molecule has 1 spiro atoms. The lowest BCUT2D eigenvalue weighted by atomic mass is 9.83. The zero-order valence-electron chi connectivity index (χ0n) is 14.9. The molecule has 1 aromatic rings. The third-order valence-corrected chi connectivity index (χ3v) is 5.45. The summed E-state index contributed by atoms with van der Waals surface area (Å²) in [5.41, 5.74) is -1.30. The number of hydrogen-bond acceptors (Lipinski definition) is 5. The molecule has 0 bridgehead atoms. The van der Waals surface area contributed by atoms with Gasteiger partial charge in [-0.3, -0.25) is 19.3 Å². The SMILES string of the molecule is CC(C)=CC1N2C(=O)C(C)NC(=O)C2(O)CC12Nc1ccccc1C2=O. The number of benzene rings is 1. The second-order valence-corrected chi connectivity index (χ2v) is 7.56. The van der Waals surface area contributed by atoms with Crippen LogP contribution in [-0.2, 0) is 9.59 Å². The highest BCUT2D eigenvalue weighted by molar-refractivity contribution is 6.16. The maximum absolute atomic E-state index is 13.3. The predicted molar refractivity (Wildman–Crippen MR) is 94.4 cm³/mol. The van der Waals surface area contributed by atoms with Crippen LogP contribution >= 0.6 is 0 Å². The van der Waals surface area contributed by atoms with Crippen LogP contribution in [0.25, 0.3) is 0 Å². The number of nitrogens with one attached hydrogen (secondary N) is 2. The number of carbonyl (C=O) groups excluding carboxylic acids is 3. The zero-order chi connectivity index (χ0) is 18.9. The van der Waals surface area contributed by atoms with Crippen molar-refractivity contribution in [3.63, 3.8) is 0 Å². The molecule has 2 amide bonds. The summed E-state index contributed by atoms with van der Waals surface area (Å²) in [6, 6.07) is 5.55. The Morgan fingerprint density at radius 1 is 1.27 bits per heavy atom. The van der Waals surface area contributed by atoms with Gasteiger partial charge < -0.3 is 15.7 Å². The molecule has 2 fully saturated rings. The lowest BCUT2D eigenvalue weighted by Gasteiger charge is -2.41. The molecular formula is C19H21N3O4. The molecule has 0 aliphatic carbocycles. The number of anilines is 1. The molecule has 1 aromatic carbocycles. The van der Waals surface area contributed by atoms with Crippen LogP contribution in [0.1, 0.15) is 37.6 Å². The van der Waals surface area contributed by atoms with Crippen LogP contribution in [0.15, 0.2) is 35.9 Å². The van der Waals surface area contributed by atoms with Gasteiger partial charge in [0.1, 0.15) is 11.6 Å².